The molecule has 3 unspecified atom stereocenters. The summed E-state index contributed by atoms with van der Waals surface area (Å²) in [5.41, 5.74) is -0.886. The number of amides is 1. The van der Waals surface area contributed by atoms with Crippen LogP contribution in [0.5, 0.6) is 0 Å². The molecule has 1 N–H and O–H groups in total. The third-order valence-corrected chi connectivity index (χ3v) is 5.59. The minimum absolute atomic E-state index is 0. The summed E-state index contributed by atoms with van der Waals surface area (Å²) in [5, 5.41) is 4.71. The molecule has 1 saturated carbocycles. The second-order valence-corrected chi connectivity index (χ2v) is 7.37. The van der Waals surface area contributed by atoms with Gasteiger partial charge in [0.25, 0.3) is 0 Å². The summed E-state index contributed by atoms with van der Waals surface area (Å²) in [4.78, 5) is 17.6. The molecule has 1 saturated heterocycles. The number of halogens is 4. The zero-order chi connectivity index (χ0) is 16.6. The number of thiazole rings is 1. The highest BCUT2D eigenvalue weighted by molar-refractivity contribution is 7.09. The lowest BCUT2D eigenvalue weighted by atomic mass is 9.85. The zero-order valence-corrected chi connectivity index (χ0v) is 14.9. The SMILES string of the molecule is CN(Cc1nc(C(F)(F)F)cs1)C(=O)C1CC2CCCCC2N1.Cl. The molecular weight excluding hydrogens is 363 g/mol. The average molecular weight is 384 g/mol. The zero-order valence-electron chi connectivity index (χ0n) is 13.3. The number of fused-ring (bicyclic) bond motifs is 1. The van der Waals surface area contributed by atoms with E-state index in [0.29, 0.717) is 17.0 Å². The van der Waals surface area contributed by atoms with Gasteiger partial charge in [0, 0.05) is 18.5 Å². The number of hydrogen-bond acceptors (Lipinski definition) is 4. The van der Waals surface area contributed by atoms with Gasteiger partial charge >= 0.3 is 6.18 Å². The summed E-state index contributed by atoms with van der Waals surface area (Å²) in [7, 11) is 1.63. The van der Waals surface area contributed by atoms with Crippen LogP contribution in [0.25, 0.3) is 0 Å². The van der Waals surface area contributed by atoms with Crippen molar-refractivity contribution in [2.45, 2.75) is 56.9 Å². The Kier molecular flexibility index (Phi) is 6.14. The number of nitrogens with zero attached hydrogens (tertiary/aromatic N) is 2. The Morgan fingerprint density at radius 1 is 1.42 bits per heavy atom. The largest absolute Gasteiger partial charge is 0.434 e. The van der Waals surface area contributed by atoms with E-state index in [1.807, 2.05) is 0 Å². The van der Waals surface area contributed by atoms with Gasteiger partial charge in [-0.1, -0.05) is 12.8 Å². The first-order chi connectivity index (χ1) is 10.8. The first-order valence-electron chi connectivity index (χ1n) is 7.87. The Hall–Kier alpha value is -0.860. The maximum atomic E-state index is 12.6. The van der Waals surface area contributed by atoms with Crippen LogP contribution in [0.3, 0.4) is 0 Å². The quantitative estimate of drug-likeness (QED) is 0.869. The Balaban J connectivity index is 0.00000208. The van der Waals surface area contributed by atoms with Gasteiger partial charge in [-0.25, -0.2) is 4.98 Å². The molecule has 136 valence electrons. The van der Waals surface area contributed by atoms with Crippen molar-refractivity contribution < 1.29 is 18.0 Å². The third-order valence-electron chi connectivity index (χ3n) is 4.75. The first-order valence-corrected chi connectivity index (χ1v) is 8.75. The molecule has 0 radical (unpaired) electrons. The van der Waals surface area contributed by atoms with Gasteiger partial charge in [-0.3, -0.25) is 4.79 Å². The predicted octanol–water partition coefficient (Wildman–Crippen LogP) is 3.46. The van der Waals surface area contributed by atoms with Crippen LogP contribution in [-0.2, 0) is 17.5 Å². The summed E-state index contributed by atoms with van der Waals surface area (Å²) in [6, 6.07) is 0.206. The normalized spacial score (nSPS) is 26.6. The van der Waals surface area contributed by atoms with E-state index in [9.17, 15) is 18.0 Å². The van der Waals surface area contributed by atoms with Gasteiger partial charge in [0.05, 0.1) is 12.6 Å². The number of nitrogens with one attached hydrogen (secondary N) is 1. The molecule has 24 heavy (non-hydrogen) atoms. The Labute approximate surface area is 149 Å². The Morgan fingerprint density at radius 3 is 2.75 bits per heavy atom. The second-order valence-electron chi connectivity index (χ2n) is 6.42. The van der Waals surface area contributed by atoms with Crippen LogP contribution in [0.1, 0.15) is 42.8 Å². The number of aromatic nitrogens is 1. The third kappa shape index (κ3) is 4.21. The minimum Gasteiger partial charge on any atom is -0.338 e. The van der Waals surface area contributed by atoms with Crippen molar-refractivity contribution in [3.05, 3.63) is 16.1 Å². The van der Waals surface area contributed by atoms with Crippen molar-refractivity contribution in [3.8, 4) is 0 Å². The molecule has 1 aliphatic carbocycles. The van der Waals surface area contributed by atoms with Gasteiger partial charge in [0.1, 0.15) is 5.01 Å². The minimum atomic E-state index is -4.43. The fourth-order valence-electron chi connectivity index (χ4n) is 3.57. The number of likely N-dealkylation sites (N-methyl/N-ethyl adjacent to an activating group) is 1. The Bertz CT molecular complexity index is 567. The molecule has 3 atom stereocenters. The summed E-state index contributed by atoms with van der Waals surface area (Å²) in [6.45, 7) is 0.118. The fourth-order valence-corrected chi connectivity index (χ4v) is 4.42. The van der Waals surface area contributed by atoms with Crippen LogP contribution in [0.4, 0.5) is 13.2 Å². The monoisotopic (exact) mass is 383 g/mol. The van der Waals surface area contributed by atoms with Crippen LogP contribution in [0.15, 0.2) is 5.38 Å². The predicted molar refractivity (Wildman–Crippen MR) is 88.1 cm³/mol. The van der Waals surface area contributed by atoms with E-state index < -0.39 is 11.9 Å². The van der Waals surface area contributed by atoms with Crippen LogP contribution in [0, 0.1) is 5.92 Å². The molecule has 0 spiro atoms. The highest BCUT2D eigenvalue weighted by Gasteiger charge is 2.39. The van der Waals surface area contributed by atoms with E-state index in [2.05, 4.69) is 10.3 Å². The van der Waals surface area contributed by atoms with Crippen LogP contribution < -0.4 is 5.32 Å². The molecular formula is C15H21ClF3N3OS. The van der Waals surface area contributed by atoms with Gasteiger partial charge in [-0.2, -0.15) is 13.2 Å². The molecule has 2 aliphatic rings. The summed E-state index contributed by atoms with van der Waals surface area (Å²) < 4.78 is 37.7. The van der Waals surface area contributed by atoms with Gasteiger partial charge in [0.2, 0.25) is 5.91 Å². The lowest BCUT2D eigenvalue weighted by Crippen LogP contribution is -2.43. The van der Waals surface area contributed by atoms with Crippen molar-refractivity contribution in [1.82, 2.24) is 15.2 Å². The van der Waals surface area contributed by atoms with E-state index in [0.717, 1.165) is 36.0 Å². The molecule has 9 heteroatoms. The molecule has 1 aromatic rings. The average Bonchev–Trinajstić information content (AvgIpc) is 3.11. The van der Waals surface area contributed by atoms with Crippen molar-refractivity contribution in [2.24, 2.45) is 5.92 Å². The lowest BCUT2D eigenvalue weighted by molar-refractivity contribution is -0.140. The van der Waals surface area contributed by atoms with Gasteiger partial charge < -0.3 is 10.2 Å². The van der Waals surface area contributed by atoms with Gasteiger partial charge in [0.15, 0.2) is 5.69 Å². The molecule has 1 amide bonds. The van der Waals surface area contributed by atoms with Crippen LogP contribution in [0.2, 0.25) is 0 Å². The summed E-state index contributed by atoms with van der Waals surface area (Å²) in [6.07, 6.45) is 1.09. The van der Waals surface area contributed by atoms with Crippen molar-refractivity contribution in [2.75, 3.05) is 7.05 Å². The Morgan fingerprint density at radius 2 is 2.12 bits per heavy atom. The smallest absolute Gasteiger partial charge is 0.338 e. The molecule has 1 aliphatic heterocycles. The number of carbonyl (C=O) groups is 1. The lowest BCUT2D eigenvalue weighted by Gasteiger charge is -2.24. The van der Waals surface area contributed by atoms with Gasteiger partial charge in [-0.05, 0) is 25.2 Å². The second kappa shape index (κ2) is 7.58. The summed E-state index contributed by atoms with van der Waals surface area (Å²) >= 11 is 0.939. The van der Waals surface area contributed by atoms with E-state index in [1.54, 1.807) is 7.05 Å². The molecule has 3 rings (SSSR count). The number of hydrogen-bond donors (Lipinski definition) is 1. The van der Waals surface area contributed by atoms with Crippen LogP contribution in [-0.4, -0.2) is 34.9 Å². The molecule has 0 bridgehead atoms. The molecule has 2 heterocycles. The van der Waals surface area contributed by atoms with E-state index >= 15 is 0 Å². The molecule has 1 aromatic heterocycles. The highest BCUT2D eigenvalue weighted by atomic mass is 35.5. The van der Waals surface area contributed by atoms with Crippen LogP contribution >= 0.6 is 23.7 Å². The van der Waals surface area contributed by atoms with E-state index in [4.69, 9.17) is 0 Å². The van der Waals surface area contributed by atoms with E-state index in [1.165, 1.54) is 17.7 Å². The molecule has 0 aromatic carbocycles. The fraction of sp³-hybridized carbons (Fsp3) is 0.733. The maximum absolute atomic E-state index is 12.6. The molecule has 2 fully saturated rings. The number of alkyl halides is 3. The van der Waals surface area contributed by atoms with Crippen molar-refractivity contribution in [3.63, 3.8) is 0 Å². The standard InChI is InChI=1S/C15H20F3N3OS.ClH/c1-21(7-13-20-12(8-23-13)15(16,17)18)14(22)11-6-9-4-2-3-5-10(9)19-11;/h8-11,19H,2-7H2,1H3;1H. The maximum Gasteiger partial charge on any atom is 0.434 e. The van der Waals surface area contributed by atoms with Gasteiger partial charge in [-0.15, -0.1) is 23.7 Å². The summed E-state index contributed by atoms with van der Waals surface area (Å²) in [5.74, 6) is 0.506. The first kappa shape index (κ1) is 19.5. The molecule has 4 nitrogen and oxygen atoms in total. The van der Waals surface area contributed by atoms with E-state index in [-0.39, 0.29) is 30.9 Å². The van der Waals surface area contributed by atoms with Crippen molar-refractivity contribution in [1.29, 1.82) is 0 Å². The highest BCUT2D eigenvalue weighted by Crippen LogP contribution is 2.34. The van der Waals surface area contributed by atoms with Crippen molar-refractivity contribution >= 4 is 29.7 Å². The number of rotatable bonds is 3. The number of carbonyl (C=O) groups excluding carboxylic acids is 1. The topological polar surface area (TPSA) is 45.2 Å².